The van der Waals surface area contributed by atoms with Crippen LogP contribution >= 0.6 is 0 Å². The first-order chi connectivity index (χ1) is 14.3. The van der Waals surface area contributed by atoms with Gasteiger partial charge in [-0.05, 0) is 69.3 Å². The van der Waals surface area contributed by atoms with Crippen molar-refractivity contribution in [2.45, 2.75) is 5.92 Å². The lowest BCUT2D eigenvalue weighted by molar-refractivity contribution is 1.10. The van der Waals surface area contributed by atoms with E-state index in [0.717, 1.165) is 33.4 Å². The molecule has 0 spiro atoms. The van der Waals surface area contributed by atoms with Crippen molar-refractivity contribution < 1.29 is 0 Å². The minimum atomic E-state index is 0.376. The number of rotatable bonds is 2. The summed E-state index contributed by atoms with van der Waals surface area (Å²) in [6.45, 7) is 0. The second kappa shape index (κ2) is 6.87. The molecule has 0 bridgehead atoms. The van der Waals surface area contributed by atoms with E-state index in [-0.39, 0.29) is 0 Å². The van der Waals surface area contributed by atoms with Crippen LogP contribution in [0.2, 0.25) is 0 Å². The van der Waals surface area contributed by atoms with Gasteiger partial charge in [0.25, 0.3) is 0 Å². The van der Waals surface area contributed by atoms with E-state index in [1.807, 2.05) is 12.1 Å². The molecule has 0 nitrogen and oxygen atoms in total. The van der Waals surface area contributed by atoms with E-state index < -0.39 is 0 Å². The number of terminal acetylenes is 2. The zero-order valence-electron chi connectivity index (χ0n) is 15.9. The van der Waals surface area contributed by atoms with Gasteiger partial charge in [-0.15, -0.1) is 12.8 Å². The average molecular weight is 366 g/mol. The zero-order valence-corrected chi connectivity index (χ0v) is 15.9. The monoisotopic (exact) mass is 366 g/mol. The Balaban J connectivity index is 1.64. The normalized spacial score (nSPS) is 13.7. The summed E-state index contributed by atoms with van der Waals surface area (Å²) in [5, 5.41) is 0. The molecule has 2 aliphatic carbocycles. The first-order valence-electron chi connectivity index (χ1n) is 9.66. The molecule has 0 heterocycles. The highest BCUT2D eigenvalue weighted by Gasteiger charge is 2.24. The van der Waals surface area contributed by atoms with Crippen molar-refractivity contribution in [3.63, 3.8) is 0 Å². The van der Waals surface area contributed by atoms with E-state index in [0.29, 0.717) is 5.92 Å². The summed E-state index contributed by atoms with van der Waals surface area (Å²) in [6, 6.07) is 21.2. The molecule has 0 amide bonds. The van der Waals surface area contributed by atoms with Crippen LogP contribution in [0, 0.1) is 24.7 Å². The van der Waals surface area contributed by atoms with Gasteiger partial charge < -0.3 is 0 Å². The average Bonchev–Trinajstić information content (AvgIpc) is 3.41. The Morgan fingerprint density at radius 2 is 1.21 bits per heavy atom. The molecular formula is C29H18. The fourth-order valence-corrected chi connectivity index (χ4v) is 4.12. The van der Waals surface area contributed by atoms with E-state index in [9.17, 15) is 0 Å². The van der Waals surface area contributed by atoms with E-state index in [1.165, 1.54) is 16.7 Å². The van der Waals surface area contributed by atoms with Gasteiger partial charge in [-0.2, -0.15) is 0 Å². The number of benzene rings is 3. The van der Waals surface area contributed by atoms with Gasteiger partial charge in [0.15, 0.2) is 0 Å². The standard InChI is InChI=1S/C29H18/c1-3-20-11-15-25-26-16-12-21(4-2)18-28(26)29(27(25)17-20)19-22-9-13-24(14-10-22)23-7-5-6-8-23/h1-2,5-19,23H. The minimum absolute atomic E-state index is 0.376. The third kappa shape index (κ3) is 2.93. The van der Waals surface area contributed by atoms with Crippen LogP contribution in [-0.2, 0) is 0 Å². The summed E-state index contributed by atoms with van der Waals surface area (Å²) in [5.74, 6) is 5.89. The molecule has 2 aliphatic rings. The van der Waals surface area contributed by atoms with Crippen LogP contribution in [-0.4, -0.2) is 0 Å². The molecule has 0 aromatic heterocycles. The van der Waals surface area contributed by atoms with Crippen LogP contribution in [0.1, 0.15) is 39.3 Å². The Bertz CT molecular complexity index is 1220. The van der Waals surface area contributed by atoms with Crippen LogP contribution in [0.5, 0.6) is 0 Å². The molecule has 5 rings (SSSR count). The largest absolute Gasteiger partial charge is 0.115 e. The second-order valence-corrected chi connectivity index (χ2v) is 7.33. The quantitative estimate of drug-likeness (QED) is 0.359. The van der Waals surface area contributed by atoms with Crippen LogP contribution in [0.3, 0.4) is 0 Å². The molecule has 0 heteroatoms. The number of hydrogen-bond acceptors (Lipinski definition) is 0. The molecule has 0 fully saturated rings. The van der Waals surface area contributed by atoms with Crippen LogP contribution in [0.15, 0.2) is 85.0 Å². The van der Waals surface area contributed by atoms with Gasteiger partial charge in [-0.1, -0.05) is 72.5 Å². The molecular weight excluding hydrogens is 348 g/mol. The first-order valence-corrected chi connectivity index (χ1v) is 9.66. The molecule has 3 aromatic rings. The van der Waals surface area contributed by atoms with E-state index in [4.69, 9.17) is 12.8 Å². The summed E-state index contributed by atoms with van der Waals surface area (Å²) in [5.41, 5.74) is 10.1. The maximum Gasteiger partial charge on any atom is 0.0249 e. The maximum absolute atomic E-state index is 5.66. The minimum Gasteiger partial charge on any atom is -0.115 e. The van der Waals surface area contributed by atoms with Gasteiger partial charge in [0.1, 0.15) is 0 Å². The lowest BCUT2D eigenvalue weighted by atomic mass is 9.96. The Labute approximate surface area is 171 Å². The lowest BCUT2D eigenvalue weighted by Gasteiger charge is -2.08. The molecule has 0 saturated carbocycles. The summed E-state index contributed by atoms with van der Waals surface area (Å²) in [7, 11) is 0. The summed E-state index contributed by atoms with van der Waals surface area (Å²) in [6.07, 6.45) is 22.2. The predicted molar refractivity (Wildman–Crippen MR) is 122 cm³/mol. The van der Waals surface area contributed by atoms with Crippen molar-refractivity contribution in [3.8, 4) is 35.8 Å². The van der Waals surface area contributed by atoms with Gasteiger partial charge in [-0.3, -0.25) is 0 Å². The third-order valence-corrected chi connectivity index (χ3v) is 5.62. The molecule has 0 aliphatic heterocycles. The highest BCUT2D eigenvalue weighted by molar-refractivity contribution is 6.07. The molecule has 134 valence electrons. The topological polar surface area (TPSA) is 0 Å². The van der Waals surface area contributed by atoms with E-state index in [1.54, 1.807) is 0 Å². The molecule has 0 saturated heterocycles. The molecule has 3 aromatic carbocycles. The van der Waals surface area contributed by atoms with Crippen molar-refractivity contribution in [2.24, 2.45) is 0 Å². The highest BCUT2D eigenvalue weighted by atomic mass is 14.3. The van der Waals surface area contributed by atoms with Crippen LogP contribution < -0.4 is 0 Å². The Morgan fingerprint density at radius 1 is 0.655 bits per heavy atom. The second-order valence-electron chi connectivity index (χ2n) is 7.33. The van der Waals surface area contributed by atoms with Gasteiger partial charge in [0.2, 0.25) is 0 Å². The van der Waals surface area contributed by atoms with Crippen molar-refractivity contribution in [1.82, 2.24) is 0 Å². The first kappa shape index (κ1) is 17.1. The van der Waals surface area contributed by atoms with Crippen molar-refractivity contribution in [2.75, 3.05) is 0 Å². The fraction of sp³-hybridized carbons (Fsp3) is 0.0345. The molecule has 0 unspecified atom stereocenters. The van der Waals surface area contributed by atoms with Crippen molar-refractivity contribution in [1.29, 1.82) is 0 Å². The lowest BCUT2D eigenvalue weighted by Crippen LogP contribution is -1.89. The summed E-state index contributed by atoms with van der Waals surface area (Å²) >= 11 is 0. The highest BCUT2D eigenvalue weighted by Crippen LogP contribution is 2.45. The Kier molecular flexibility index (Phi) is 4.05. The Morgan fingerprint density at radius 3 is 1.72 bits per heavy atom. The molecule has 0 radical (unpaired) electrons. The molecule has 0 N–H and O–H groups in total. The fourth-order valence-electron chi connectivity index (χ4n) is 4.12. The van der Waals surface area contributed by atoms with E-state index in [2.05, 4.69) is 90.8 Å². The number of fused-ring (bicyclic) bond motifs is 3. The SMILES string of the molecule is C#Cc1ccc2c(c1)C(=Cc1ccc(C3C=CC=C3)cc1)c1cc(C#C)ccc1-2. The molecule has 0 atom stereocenters. The number of hydrogen-bond donors (Lipinski definition) is 0. The van der Waals surface area contributed by atoms with Crippen LogP contribution in [0.25, 0.3) is 22.8 Å². The van der Waals surface area contributed by atoms with Crippen LogP contribution in [0.4, 0.5) is 0 Å². The van der Waals surface area contributed by atoms with Gasteiger partial charge in [0, 0.05) is 17.0 Å². The summed E-state index contributed by atoms with van der Waals surface area (Å²) in [4.78, 5) is 0. The molecule has 29 heavy (non-hydrogen) atoms. The van der Waals surface area contributed by atoms with E-state index >= 15 is 0 Å². The van der Waals surface area contributed by atoms with Crippen molar-refractivity contribution >= 4 is 11.6 Å². The third-order valence-electron chi connectivity index (χ3n) is 5.62. The Hall–Kier alpha value is -4.00. The number of allylic oxidation sites excluding steroid dienone is 4. The predicted octanol–water partition coefficient (Wildman–Crippen LogP) is 6.43. The summed E-state index contributed by atoms with van der Waals surface area (Å²) < 4.78 is 0. The smallest absolute Gasteiger partial charge is 0.0249 e. The zero-order chi connectivity index (χ0) is 19.8. The van der Waals surface area contributed by atoms with Gasteiger partial charge in [0.05, 0.1) is 0 Å². The van der Waals surface area contributed by atoms with Gasteiger partial charge >= 0.3 is 0 Å². The van der Waals surface area contributed by atoms with Gasteiger partial charge in [-0.25, -0.2) is 0 Å². The van der Waals surface area contributed by atoms with Crippen molar-refractivity contribution in [3.05, 3.63) is 118 Å². The maximum atomic E-state index is 5.66.